The zero-order valence-electron chi connectivity index (χ0n) is 14.4. The number of ether oxygens (including phenoxy) is 1. The summed E-state index contributed by atoms with van der Waals surface area (Å²) >= 11 is 0. The number of aromatic nitrogens is 1. The van der Waals surface area contributed by atoms with E-state index in [1.54, 1.807) is 19.4 Å². The number of aromatic hydroxyl groups is 1. The molecular formula is C20H24N2O3. The Hall–Kier alpha value is -2.11. The van der Waals surface area contributed by atoms with Crippen LogP contribution >= 0.6 is 0 Å². The first kappa shape index (κ1) is 16.4. The van der Waals surface area contributed by atoms with Crippen molar-refractivity contribution in [3.05, 3.63) is 42.6 Å². The molecule has 5 nitrogen and oxygen atoms in total. The number of phenols is 1. The maximum atomic E-state index is 11.2. The minimum Gasteiger partial charge on any atom is -0.506 e. The van der Waals surface area contributed by atoms with Crippen LogP contribution in [0.15, 0.2) is 37.1 Å². The zero-order chi connectivity index (χ0) is 17.6. The number of piperidine rings is 3. The number of aliphatic hydroxyl groups is 1. The molecule has 4 heterocycles. The van der Waals surface area contributed by atoms with Gasteiger partial charge in [-0.2, -0.15) is 0 Å². The molecule has 132 valence electrons. The van der Waals surface area contributed by atoms with Gasteiger partial charge in [0.1, 0.15) is 17.0 Å². The molecule has 2 aromatic rings. The summed E-state index contributed by atoms with van der Waals surface area (Å²) in [5, 5.41) is 22.1. The number of nitrogens with zero attached hydrogens (tertiary/aromatic N) is 2. The van der Waals surface area contributed by atoms with Gasteiger partial charge in [-0.25, -0.2) is 0 Å². The molecule has 1 aromatic heterocycles. The summed E-state index contributed by atoms with van der Waals surface area (Å²) in [6.45, 7) is 5.95. The van der Waals surface area contributed by atoms with E-state index >= 15 is 0 Å². The Balaban J connectivity index is 1.72. The first-order chi connectivity index (χ1) is 12.1. The fourth-order valence-electron chi connectivity index (χ4n) is 4.52. The Bertz CT molecular complexity index is 807. The van der Waals surface area contributed by atoms with E-state index < -0.39 is 6.10 Å². The molecule has 3 aliphatic rings. The lowest BCUT2D eigenvalue weighted by molar-refractivity contribution is -0.0444. The van der Waals surface area contributed by atoms with Gasteiger partial charge in [-0.3, -0.25) is 9.88 Å². The van der Waals surface area contributed by atoms with Crippen molar-refractivity contribution >= 4 is 10.9 Å². The SMILES string of the molecule is C=C[C@H]1CN2CCC1C[C@H]2[C@H](O)c1ccnc2c(O)cc(OC)cc12. The molecule has 3 fully saturated rings. The van der Waals surface area contributed by atoms with Gasteiger partial charge >= 0.3 is 0 Å². The summed E-state index contributed by atoms with van der Waals surface area (Å²) in [5.74, 6) is 1.75. The van der Waals surface area contributed by atoms with Crippen molar-refractivity contribution in [2.45, 2.75) is 25.0 Å². The molecule has 2 N–H and O–H groups in total. The average molecular weight is 340 g/mol. The fourth-order valence-corrected chi connectivity index (χ4v) is 4.52. The molecule has 3 saturated heterocycles. The molecule has 2 bridgehead atoms. The number of aliphatic hydroxyl groups excluding tert-OH is 1. The Labute approximate surface area is 147 Å². The number of fused-ring (bicyclic) bond motifs is 4. The minimum atomic E-state index is -0.620. The number of phenolic OH excluding ortho intramolecular Hbond substituents is 1. The lowest BCUT2D eigenvalue weighted by Crippen LogP contribution is -2.54. The Morgan fingerprint density at radius 3 is 2.96 bits per heavy atom. The monoisotopic (exact) mass is 340 g/mol. The van der Waals surface area contributed by atoms with Crippen LogP contribution in [0.2, 0.25) is 0 Å². The first-order valence-corrected chi connectivity index (χ1v) is 8.82. The number of methoxy groups -OCH3 is 1. The van der Waals surface area contributed by atoms with Crippen LogP contribution in [0, 0.1) is 11.8 Å². The Morgan fingerprint density at radius 1 is 1.44 bits per heavy atom. The van der Waals surface area contributed by atoms with E-state index in [9.17, 15) is 10.2 Å². The van der Waals surface area contributed by atoms with E-state index in [1.807, 2.05) is 12.1 Å². The van der Waals surface area contributed by atoms with Crippen LogP contribution in [0.4, 0.5) is 0 Å². The number of benzene rings is 1. The molecule has 0 spiro atoms. The number of pyridine rings is 1. The van der Waals surface area contributed by atoms with E-state index in [4.69, 9.17) is 4.74 Å². The van der Waals surface area contributed by atoms with Crippen LogP contribution in [0.5, 0.6) is 11.5 Å². The van der Waals surface area contributed by atoms with Crippen molar-refractivity contribution < 1.29 is 14.9 Å². The van der Waals surface area contributed by atoms with Crippen LogP contribution in [-0.2, 0) is 0 Å². The highest BCUT2D eigenvalue weighted by Crippen LogP contribution is 2.42. The third-order valence-corrected chi connectivity index (χ3v) is 5.90. The van der Waals surface area contributed by atoms with E-state index in [0.717, 1.165) is 30.5 Å². The molecule has 0 saturated carbocycles. The van der Waals surface area contributed by atoms with Crippen molar-refractivity contribution in [3.8, 4) is 11.5 Å². The van der Waals surface area contributed by atoms with Crippen molar-refractivity contribution in [1.29, 1.82) is 0 Å². The topological polar surface area (TPSA) is 65.8 Å². The summed E-state index contributed by atoms with van der Waals surface area (Å²) in [6.07, 6.45) is 5.23. The maximum absolute atomic E-state index is 11.2. The second-order valence-corrected chi connectivity index (χ2v) is 7.13. The summed E-state index contributed by atoms with van der Waals surface area (Å²) in [7, 11) is 1.56. The second-order valence-electron chi connectivity index (χ2n) is 7.13. The highest BCUT2D eigenvalue weighted by molar-refractivity contribution is 5.89. The average Bonchev–Trinajstić information content (AvgIpc) is 2.67. The third kappa shape index (κ3) is 2.68. The molecule has 2 unspecified atom stereocenters. The van der Waals surface area contributed by atoms with Gasteiger partial charge < -0.3 is 14.9 Å². The predicted molar refractivity (Wildman–Crippen MR) is 96.7 cm³/mol. The van der Waals surface area contributed by atoms with Gasteiger partial charge in [-0.1, -0.05) is 6.08 Å². The van der Waals surface area contributed by atoms with Crippen LogP contribution in [0.25, 0.3) is 10.9 Å². The summed E-state index contributed by atoms with van der Waals surface area (Å²) < 4.78 is 5.27. The molecule has 3 aliphatic heterocycles. The van der Waals surface area contributed by atoms with Gasteiger partial charge in [0.2, 0.25) is 0 Å². The van der Waals surface area contributed by atoms with Crippen molar-refractivity contribution in [3.63, 3.8) is 0 Å². The van der Waals surface area contributed by atoms with Crippen molar-refractivity contribution in [1.82, 2.24) is 9.88 Å². The van der Waals surface area contributed by atoms with Crippen molar-refractivity contribution in [2.24, 2.45) is 11.8 Å². The Kier molecular flexibility index (Phi) is 4.13. The number of hydrogen-bond acceptors (Lipinski definition) is 5. The highest BCUT2D eigenvalue weighted by atomic mass is 16.5. The van der Waals surface area contributed by atoms with Gasteiger partial charge in [-0.05, 0) is 48.9 Å². The quantitative estimate of drug-likeness (QED) is 0.838. The van der Waals surface area contributed by atoms with Gasteiger partial charge in [-0.15, -0.1) is 6.58 Å². The predicted octanol–water partition coefficient (Wildman–Crippen LogP) is 2.88. The second kappa shape index (κ2) is 6.32. The van der Waals surface area contributed by atoms with E-state index in [1.165, 1.54) is 6.42 Å². The maximum Gasteiger partial charge on any atom is 0.145 e. The highest BCUT2D eigenvalue weighted by Gasteiger charge is 2.42. The standard InChI is InChI=1S/C20H24N2O3/c1-3-12-11-22-7-5-13(12)8-17(22)20(24)15-4-6-21-19-16(15)9-14(25-2)10-18(19)23/h3-4,6,9-10,12-13,17,20,23-24H,1,5,7-8,11H2,2H3/t12-,13?,17-,20+/m0/s1. The van der Waals surface area contributed by atoms with Crippen molar-refractivity contribution in [2.75, 3.05) is 20.2 Å². The molecule has 5 atom stereocenters. The molecule has 1 aromatic carbocycles. The summed E-state index contributed by atoms with van der Waals surface area (Å²) in [5.41, 5.74) is 1.30. The van der Waals surface area contributed by atoms with Crippen LogP contribution in [-0.4, -0.2) is 46.3 Å². The van der Waals surface area contributed by atoms with E-state index in [-0.39, 0.29) is 11.8 Å². The Morgan fingerprint density at radius 2 is 2.28 bits per heavy atom. The van der Waals surface area contributed by atoms with E-state index in [0.29, 0.717) is 23.1 Å². The lowest BCUT2D eigenvalue weighted by atomic mass is 9.73. The lowest BCUT2D eigenvalue weighted by Gasteiger charge is -2.50. The summed E-state index contributed by atoms with van der Waals surface area (Å²) in [4.78, 5) is 6.65. The molecule has 25 heavy (non-hydrogen) atoms. The van der Waals surface area contributed by atoms with Crippen LogP contribution in [0.1, 0.15) is 24.5 Å². The normalized spacial score (nSPS) is 29.5. The fraction of sp³-hybridized carbons (Fsp3) is 0.450. The first-order valence-electron chi connectivity index (χ1n) is 8.82. The third-order valence-electron chi connectivity index (χ3n) is 5.90. The minimum absolute atomic E-state index is 0.0700. The molecule has 0 amide bonds. The number of rotatable bonds is 4. The van der Waals surface area contributed by atoms with Gasteiger partial charge in [0.05, 0.1) is 13.2 Å². The molecule has 0 radical (unpaired) electrons. The van der Waals surface area contributed by atoms with Crippen LogP contribution in [0.3, 0.4) is 0 Å². The smallest absolute Gasteiger partial charge is 0.145 e. The summed E-state index contributed by atoms with van der Waals surface area (Å²) in [6, 6.07) is 5.32. The molecule has 5 rings (SSSR count). The molecule has 5 heteroatoms. The molecular weight excluding hydrogens is 316 g/mol. The largest absolute Gasteiger partial charge is 0.506 e. The van der Waals surface area contributed by atoms with Gasteiger partial charge in [0.25, 0.3) is 0 Å². The van der Waals surface area contributed by atoms with Gasteiger partial charge in [0, 0.05) is 30.2 Å². The molecule has 0 aliphatic carbocycles. The van der Waals surface area contributed by atoms with Gasteiger partial charge in [0.15, 0.2) is 0 Å². The van der Waals surface area contributed by atoms with Crippen LogP contribution < -0.4 is 4.74 Å². The number of hydrogen-bond donors (Lipinski definition) is 2. The van der Waals surface area contributed by atoms with E-state index in [2.05, 4.69) is 22.5 Å². The zero-order valence-corrected chi connectivity index (χ0v) is 14.4.